The van der Waals surface area contributed by atoms with Crippen molar-refractivity contribution in [2.24, 2.45) is 0 Å². The van der Waals surface area contributed by atoms with Crippen molar-refractivity contribution in [3.8, 4) is 5.82 Å². The summed E-state index contributed by atoms with van der Waals surface area (Å²) in [6, 6.07) is 10.0. The van der Waals surface area contributed by atoms with E-state index in [9.17, 15) is 4.79 Å². The largest absolute Gasteiger partial charge is 0.340 e. The van der Waals surface area contributed by atoms with E-state index in [1.165, 1.54) is 11.1 Å². The summed E-state index contributed by atoms with van der Waals surface area (Å²) >= 11 is 0. The fraction of sp³-hybridized carbons (Fsp3) is 0.280. The molecule has 4 aromatic rings. The highest BCUT2D eigenvalue weighted by Crippen LogP contribution is 2.25. The van der Waals surface area contributed by atoms with E-state index in [2.05, 4.69) is 60.1 Å². The lowest BCUT2D eigenvalue weighted by molar-refractivity contribution is 0.534. The molecule has 0 fully saturated rings. The standard InChI is InChI=1S/C25H27N7O/c1-5-10-31-23(33)19-15-28-21(29-18-7-6-16-13-26-14-17(16)11-18)12-20(19)32(31)22-8-9-27-24(30-22)25(2,3)4/h5-9,11-12,15,26H,1,10,13-14H2,2-4H3,(H,28,29). The van der Waals surface area contributed by atoms with E-state index in [1.807, 2.05) is 22.9 Å². The summed E-state index contributed by atoms with van der Waals surface area (Å²) in [5, 5.41) is 7.27. The third kappa shape index (κ3) is 3.82. The summed E-state index contributed by atoms with van der Waals surface area (Å²) in [7, 11) is 0. The predicted octanol–water partition coefficient (Wildman–Crippen LogP) is 3.81. The molecule has 2 N–H and O–H groups in total. The Morgan fingerprint density at radius 2 is 1.97 bits per heavy atom. The van der Waals surface area contributed by atoms with Gasteiger partial charge in [0.05, 0.1) is 17.4 Å². The van der Waals surface area contributed by atoms with Crippen molar-refractivity contribution in [1.29, 1.82) is 0 Å². The number of hydrogen-bond donors (Lipinski definition) is 2. The van der Waals surface area contributed by atoms with Gasteiger partial charge in [-0.15, -0.1) is 6.58 Å². The Labute approximate surface area is 192 Å². The lowest BCUT2D eigenvalue weighted by atomic mass is 9.96. The molecule has 4 heterocycles. The van der Waals surface area contributed by atoms with E-state index in [0.717, 1.165) is 24.3 Å². The van der Waals surface area contributed by atoms with Crippen molar-refractivity contribution >= 4 is 22.4 Å². The number of nitrogens with zero attached hydrogens (tertiary/aromatic N) is 5. The average Bonchev–Trinajstić information content (AvgIpc) is 3.36. The Morgan fingerprint density at radius 1 is 1.15 bits per heavy atom. The molecule has 0 saturated heterocycles. The van der Waals surface area contributed by atoms with Gasteiger partial charge in [-0.3, -0.25) is 4.79 Å². The van der Waals surface area contributed by atoms with Gasteiger partial charge in [-0.25, -0.2) is 24.3 Å². The molecule has 0 atom stereocenters. The van der Waals surface area contributed by atoms with Crippen molar-refractivity contribution in [3.05, 3.63) is 82.7 Å². The highest BCUT2D eigenvalue weighted by molar-refractivity contribution is 5.82. The van der Waals surface area contributed by atoms with Gasteiger partial charge in [0.1, 0.15) is 11.6 Å². The van der Waals surface area contributed by atoms with Crippen molar-refractivity contribution in [2.45, 2.75) is 45.8 Å². The lowest BCUT2D eigenvalue weighted by Gasteiger charge is -2.18. The minimum Gasteiger partial charge on any atom is -0.340 e. The van der Waals surface area contributed by atoms with Gasteiger partial charge in [0.25, 0.3) is 5.56 Å². The molecular weight excluding hydrogens is 414 g/mol. The molecule has 168 valence electrons. The summed E-state index contributed by atoms with van der Waals surface area (Å²) in [4.78, 5) is 26.9. The van der Waals surface area contributed by atoms with Gasteiger partial charge < -0.3 is 10.6 Å². The zero-order chi connectivity index (χ0) is 23.2. The van der Waals surface area contributed by atoms with Crippen molar-refractivity contribution in [3.63, 3.8) is 0 Å². The van der Waals surface area contributed by atoms with Crippen LogP contribution in [0, 0.1) is 0 Å². The van der Waals surface area contributed by atoms with Crippen LogP contribution >= 0.6 is 0 Å². The second kappa shape index (κ2) is 7.97. The highest BCUT2D eigenvalue weighted by atomic mass is 16.1. The van der Waals surface area contributed by atoms with Crippen LogP contribution in [0.15, 0.2) is 60.2 Å². The monoisotopic (exact) mass is 441 g/mol. The Bertz CT molecular complexity index is 1430. The molecule has 0 unspecified atom stereocenters. The second-order valence-corrected chi connectivity index (χ2v) is 9.27. The fourth-order valence-corrected chi connectivity index (χ4v) is 4.10. The van der Waals surface area contributed by atoms with Crippen LogP contribution in [0.4, 0.5) is 11.5 Å². The van der Waals surface area contributed by atoms with Crippen molar-refractivity contribution in [1.82, 2.24) is 29.6 Å². The smallest absolute Gasteiger partial charge is 0.276 e. The van der Waals surface area contributed by atoms with Crippen LogP contribution in [0.5, 0.6) is 0 Å². The Morgan fingerprint density at radius 3 is 2.76 bits per heavy atom. The molecule has 1 aliphatic heterocycles. The summed E-state index contributed by atoms with van der Waals surface area (Å²) in [6.45, 7) is 12.1. The number of aromatic nitrogens is 5. The van der Waals surface area contributed by atoms with Gasteiger partial charge in [0, 0.05) is 48.7 Å². The molecule has 1 aliphatic rings. The van der Waals surface area contributed by atoms with E-state index >= 15 is 0 Å². The number of nitrogens with one attached hydrogen (secondary N) is 2. The minimum absolute atomic E-state index is 0.136. The maximum absolute atomic E-state index is 13.2. The molecule has 0 radical (unpaired) electrons. The highest BCUT2D eigenvalue weighted by Gasteiger charge is 2.21. The summed E-state index contributed by atoms with van der Waals surface area (Å²) in [6.07, 6.45) is 5.06. The molecule has 33 heavy (non-hydrogen) atoms. The average molecular weight is 442 g/mol. The maximum Gasteiger partial charge on any atom is 0.276 e. The van der Waals surface area contributed by atoms with Gasteiger partial charge in [-0.2, -0.15) is 0 Å². The molecule has 0 bridgehead atoms. The zero-order valence-corrected chi connectivity index (χ0v) is 19.1. The number of rotatable bonds is 5. The number of pyridine rings is 1. The van der Waals surface area contributed by atoms with Gasteiger partial charge in [-0.1, -0.05) is 32.9 Å². The van der Waals surface area contributed by atoms with Gasteiger partial charge in [-0.05, 0) is 23.3 Å². The van der Waals surface area contributed by atoms with E-state index < -0.39 is 0 Å². The predicted molar refractivity (Wildman–Crippen MR) is 130 cm³/mol. The molecule has 8 heteroatoms. The number of anilines is 2. The van der Waals surface area contributed by atoms with Crippen LogP contribution in [0.1, 0.15) is 37.7 Å². The molecule has 5 rings (SSSR count). The summed E-state index contributed by atoms with van der Waals surface area (Å²) in [5.41, 5.74) is 3.92. The van der Waals surface area contributed by atoms with Crippen LogP contribution in [0.2, 0.25) is 0 Å². The topological polar surface area (TPSA) is 89.7 Å². The van der Waals surface area contributed by atoms with Crippen LogP contribution in [-0.2, 0) is 25.0 Å². The molecule has 1 aromatic carbocycles. The van der Waals surface area contributed by atoms with Gasteiger partial charge in [0.2, 0.25) is 0 Å². The van der Waals surface area contributed by atoms with E-state index in [1.54, 1.807) is 23.2 Å². The number of benzene rings is 1. The van der Waals surface area contributed by atoms with E-state index in [0.29, 0.717) is 29.4 Å². The molecular formula is C25H27N7O. The third-order valence-corrected chi connectivity index (χ3v) is 5.76. The first-order chi connectivity index (χ1) is 15.8. The number of fused-ring (bicyclic) bond motifs is 2. The van der Waals surface area contributed by atoms with Crippen LogP contribution in [0.25, 0.3) is 16.7 Å². The molecule has 0 saturated carbocycles. The molecule has 8 nitrogen and oxygen atoms in total. The lowest BCUT2D eigenvalue weighted by Crippen LogP contribution is -2.23. The van der Waals surface area contributed by atoms with Crippen LogP contribution in [-0.4, -0.2) is 24.3 Å². The van der Waals surface area contributed by atoms with E-state index in [4.69, 9.17) is 4.98 Å². The normalized spacial score (nSPS) is 13.3. The minimum atomic E-state index is -0.223. The molecule has 0 spiro atoms. The Balaban J connectivity index is 1.64. The quantitative estimate of drug-likeness (QED) is 0.458. The van der Waals surface area contributed by atoms with E-state index in [-0.39, 0.29) is 11.0 Å². The van der Waals surface area contributed by atoms with Gasteiger partial charge in [0.15, 0.2) is 5.82 Å². The summed E-state index contributed by atoms with van der Waals surface area (Å²) < 4.78 is 3.45. The Kier molecular flexibility index (Phi) is 5.09. The second-order valence-electron chi connectivity index (χ2n) is 9.27. The van der Waals surface area contributed by atoms with Crippen LogP contribution < -0.4 is 16.2 Å². The molecule has 0 amide bonds. The van der Waals surface area contributed by atoms with Crippen molar-refractivity contribution < 1.29 is 0 Å². The Hall–Kier alpha value is -3.78. The van der Waals surface area contributed by atoms with Gasteiger partial charge >= 0.3 is 0 Å². The number of allylic oxidation sites excluding steroid dienone is 1. The first-order valence-electron chi connectivity index (χ1n) is 11.0. The first kappa shape index (κ1) is 21.1. The zero-order valence-electron chi connectivity index (χ0n) is 19.1. The summed E-state index contributed by atoms with van der Waals surface area (Å²) in [5.74, 6) is 1.99. The van der Waals surface area contributed by atoms with Crippen LogP contribution in [0.3, 0.4) is 0 Å². The van der Waals surface area contributed by atoms with Crippen molar-refractivity contribution in [2.75, 3.05) is 5.32 Å². The molecule has 3 aromatic heterocycles. The third-order valence-electron chi connectivity index (χ3n) is 5.76. The maximum atomic E-state index is 13.2. The molecule has 0 aliphatic carbocycles. The fourth-order valence-electron chi connectivity index (χ4n) is 4.10. The first-order valence-corrected chi connectivity index (χ1v) is 11.0. The SMILES string of the molecule is C=CCn1c(=O)c2cnc(Nc3ccc4c(c3)CNC4)cc2n1-c1ccnc(C(C)(C)C)n1. The number of hydrogen-bond acceptors (Lipinski definition) is 6.